The summed E-state index contributed by atoms with van der Waals surface area (Å²) in [5.74, 6) is 1.49. The lowest BCUT2D eigenvalue weighted by molar-refractivity contribution is -0.124. The molecule has 0 aliphatic carbocycles. The molecular formula is C16H22N2O. The average Bonchev–Trinajstić information content (AvgIpc) is 2.37. The Labute approximate surface area is 115 Å². The quantitative estimate of drug-likeness (QED) is 0.883. The summed E-state index contributed by atoms with van der Waals surface area (Å²) < 4.78 is 0. The minimum absolute atomic E-state index is 0.128. The number of amides is 1. The van der Waals surface area contributed by atoms with Crippen molar-refractivity contribution in [3.05, 3.63) is 29.8 Å². The van der Waals surface area contributed by atoms with Crippen molar-refractivity contribution in [2.75, 3.05) is 24.5 Å². The summed E-state index contributed by atoms with van der Waals surface area (Å²) in [6, 6.07) is 8.36. The summed E-state index contributed by atoms with van der Waals surface area (Å²) in [5, 5.41) is 3.26. The van der Waals surface area contributed by atoms with E-state index >= 15 is 0 Å². The molecule has 1 N–H and O–H groups in total. The van der Waals surface area contributed by atoms with Crippen molar-refractivity contribution in [2.45, 2.75) is 26.2 Å². The van der Waals surface area contributed by atoms with Gasteiger partial charge in [0.25, 0.3) is 0 Å². The molecule has 0 saturated carbocycles. The summed E-state index contributed by atoms with van der Waals surface area (Å²) in [6.07, 6.45) is 1.07. The van der Waals surface area contributed by atoms with E-state index in [2.05, 4.69) is 37.4 Å². The van der Waals surface area contributed by atoms with Crippen molar-refractivity contribution in [3.63, 3.8) is 0 Å². The van der Waals surface area contributed by atoms with E-state index in [1.807, 2.05) is 11.0 Å². The first-order chi connectivity index (χ1) is 9.18. The molecule has 1 saturated heterocycles. The number of hydrogen-bond donors (Lipinski definition) is 1. The van der Waals surface area contributed by atoms with E-state index in [0.717, 1.165) is 31.7 Å². The van der Waals surface area contributed by atoms with Gasteiger partial charge in [-0.25, -0.2) is 0 Å². The van der Waals surface area contributed by atoms with E-state index in [1.165, 1.54) is 5.56 Å². The Bertz CT molecular complexity index is 481. The molecule has 1 aromatic rings. The number of rotatable bonds is 2. The molecule has 2 aliphatic rings. The van der Waals surface area contributed by atoms with Gasteiger partial charge in [0, 0.05) is 18.2 Å². The monoisotopic (exact) mass is 258 g/mol. The molecule has 2 aliphatic heterocycles. The smallest absolute Gasteiger partial charge is 0.230 e. The molecule has 0 aromatic heterocycles. The highest BCUT2D eigenvalue weighted by molar-refractivity contribution is 5.96. The number of fused-ring (bicyclic) bond motifs is 1. The molecule has 2 heterocycles. The van der Waals surface area contributed by atoms with E-state index < -0.39 is 0 Å². The van der Waals surface area contributed by atoms with Crippen molar-refractivity contribution in [3.8, 4) is 0 Å². The zero-order valence-corrected chi connectivity index (χ0v) is 11.7. The van der Waals surface area contributed by atoms with E-state index in [1.54, 1.807) is 0 Å². The first-order valence-electron chi connectivity index (χ1n) is 7.29. The normalized spacial score (nSPS) is 24.5. The third-order valence-electron chi connectivity index (χ3n) is 4.72. The van der Waals surface area contributed by atoms with Crippen molar-refractivity contribution < 1.29 is 4.79 Å². The van der Waals surface area contributed by atoms with E-state index in [0.29, 0.717) is 17.7 Å². The Kier molecular flexibility index (Phi) is 3.31. The second-order valence-electron chi connectivity index (χ2n) is 5.95. The first kappa shape index (κ1) is 12.7. The molecule has 0 radical (unpaired) electrons. The van der Waals surface area contributed by atoms with Gasteiger partial charge in [-0.3, -0.25) is 4.79 Å². The minimum atomic E-state index is 0.128. The zero-order valence-electron chi connectivity index (χ0n) is 11.7. The number of para-hydroxylation sites is 1. The summed E-state index contributed by atoms with van der Waals surface area (Å²) in [5.41, 5.74) is 2.45. The fraction of sp³-hybridized carbons (Fsp3) is 0.562. The van der Waals surface area contributed by atoms with Gasteiger partial charge in [-0.15, -0.1) is 0 Å². The van der Waals surface area contributed by atoms with Crippen molar-refractivity contribution in [1.29, 1.82) is 0 Å². The summed E-state index contributed by atoms with van der Waals surface area (Å²) in [4.78, 5) is 14.7. The molecular weight excluding hydrogens is 236 g/mol. The van der Waals surface area contributed by atoms with Gasteiger partial charge in [-0.05, 0) is 43.0 Å². The van der Waals surface area contributed by atoms with E-state index in [4.69, 9.17) is 0 Å². The Morgan fingerprint density at radius 3 is 2.79 bits per heavy atom. The zero-order chi connectivity index (χ0) is 13.4. The molecule has 2 atom stereocenters. The van der Waals surface area contributed by atoms with Crippen molar-refractivity contribution in [1.82, 2.24) is 5.32 Å². The van der Waals surface area contributed by atoms with E-state index in [-0.39, 0.29) is 5.92 Å². The summed E-state index contributed by atoms with van der Waals surface area (Å²) >= 11 is 0. The van der Waals surface area contributed by atoms with Gasteiger partial charge in [0.1, 0.15) is 0 Å². The van der Waals surface area contributed by atoms with Crippen LogP contribution in [0.5, 0.6) is 0 Å². The van der Waals surface area contributed by atoms with Gasteiger partial charge in [0.05, 0.1) is 0 Å². The first-order valence-corrected chi connectivity index (χ1v) is 7.29. The maximum atomic E-state index is 12.7. The standard InChI is InChI=1S/C16H22N2O/c1-11-7-8-18(15-6-4-3-5-14(11)15)16(19)12(2)13-9-17-10-13/h3-6,11-13,17H,7-10H2,1-2H3. The van der Waals surface area contributed by atoms with Crippen LogP contribution in [0.15, 0.2) is 24.3 Å². The molecule has 3 rings (SSSR count). The Morgan fingerprint density at radius 2 is 2.11 bits per heavy atom. The summed E-state index contributed by atoms with van der Waals surface area (Å²) in [7, 11) is 0. The van der Waals surface area contributed by atoms with Crippen LogP contribution in [0.3, 0.4) is 0 Å². The third-order valence-corrected chi connectivity index (χ3v) is 4.72. The molecule has 102 valence electrons. The topological polar surface area (TPSA) is 32.3 Å². The van der Waals surface area contributed by atoms with Gasteiger partial charge >= 0.3 is 0 Å². The second-order valence-corrected chi connectivity index (χ2v) is 5.95. The number of carbonyl (C=O) groups is 1. The minimum Gasteiger partial charge on any atom is -0.316 e. The molecule has 0 spiro atoms. The molecule has 3 nitrogen and oxygen atoms in total. The van der Waals surface area contributed by atoms with Crippen LogP contribution in [-0.4, -0.2) is 25.5 Å². The molecule has 2 unspecified atom stereocenters. The molecule has 3 heteroatoms. The highest BCUT2D eigenvalue weighted by atomic mass is 16.2. The maximum absolute atomic E-state index is 12.7. The predicted octanol–water partition coefficient (Wildman–Crippen LogP) is 2.38. The van der Waals surface area contributed by atoms with Gasteiger partial charge in [0.2, 0.25) is 5.91 Å². The van der Waals surface area contributed by atoms with Crippen LogP contribution in [-0.2, 0) is 4.79 Å². The molecule has 1 amide bonds. The van der Waals surface area contributed by atoms with Crippen LogP contribution in [0.4, 0.5) is 5.69 Å². The van der Waals surface area contributed by atoms with Gasteiger partial charge < -0.3 is 10.2 Å². The highest BCUT2D eigenvalue weighted by Crippen LogP contribution is 2.36. The highest BCUT2D eigenvalue weighted by Gasteiger charge is 2.34. The van der Waals surface area contributed by atoms with Crippen LogP contribution in [0.1, 0.15) is 31.7 Å². The Balaban J connectivity index is 1.85. The fourth-order valence-electron chi connectivity index (χ4n) is 3.09. The maximum Gasteiger partial charge on any atom is 0.230 e. The van der Waals surface area contributed by atoms with Gasteiger partial charge in [-0.1, -0.05) is 32.0 Å². The number of carbonyl (C=O) groups excluding carboxylic acids is 1. The van der Waals surface area contributed by atoms with Crippen LogP contribution in [0.2, 0.25) is 0 Å². The van der Waals surface area contributed by atoms with Crippen LogP contribution in [0.25, 0.3) is 0 Å². The number of hydrogen-bond acceptors (Lipinski definition) is 2. The lowest BCUT2D eigenvalue weighted by Gasteiger charge is -2.38. The number of nitrogens with zero attached hydrogens (tertiary/aromatic N) is 1. The molecule has 1 fully saturated rings. The Morgan fingerprint density at radius 1 is 1.37 bits per heavy atom. The summed E-state index contributed by atoms with van der Waals surface area (Å²) in [6.45, 7) is 7.16. The van der Waals surface area contributed by atoms with Crippen molar-refractivity contribution >= 4 is 11.6 Å². The lowest BCUT2D eigenvalue weighted by atomic mass is 9.86. The van der Waals surface area contributed by atoms with Crippen LogP contribution < -0.4 is 10.2 Å². The number of nitrogens with one attached hydrogen (secondary N) is 1. The predicted molar refractivity (Wildman–Crippen MR) is 77.4 cm³/mol. The van der Waals surface area contributed by atoms with Crippen LogP contribution >= 0.6 is 0 Å². The lowest BCUT2D eigenvalue weighted by Crippen LogP contribution is -2.51. The second kappa shape index (κ2) is 4.97. The third kappa shape index (κ3) is 2.16. The molecule has 19 heavy (non-hydrogen) atoms. The van der Waals surface area contributed by atoms with E-state index in [9.17, 15) is 4.79 Å². The van der Waals surface area contributed by atoms with Gasteiger partial charge in [0.15, 0.2) is 0 Å². The van der Waals surface area contributed by atoms with Crippen molar-refractivity contribution in [2.24, 2.45) is 11.8 Å². The average molecular weight is 258 g/mol. The SMILES string of the molecule is CC1CCN(C(=O)C(C)C2CNC2)c2ccccc21. The van der Waals surface area contributed by atoms with Crippen LogP contribution in [0, 0.1) is 11.8 Å². The fourth-order valence-corrected chi connectivity index (χ4v) is 3.09. The van der Waals surface area contributed by atoms with Gasteiger partial charge in [-0.2, -0.15) is 0 Å². The molecule has 1 aromatic carbocycles. The largest absolute Gasteiger partial charge is 0.316 e. The Hall–Kier alpha value is -1.35. The number of anilines is 1. The number of benzene rings is 1. The molecule has 0 bridgehead atoms.